The van der Waals surface area contributed by atoms with Crippen molar-refractivity contribution in [2.45, 2.75) is 19.4 Å². The largest absolute Gasteiger partial charge is 0.493 e. The lowest BCUT2D eigenvalue weighted by Gasteiger charge is -2.15. The molecule has 0 saturated heterocycles. The molecular formula is C14H22N2O3. The lowest BCUT2D eigenvalue weighted by Crippen LogP contribution is -2.27. The third-order valence-electron chi connectivity index (χ3n) is 2.64. The third kappa shape index (κ3) is 4.79. The normalized spacial score (nSPS) is 11.8. The Morgan fingerprint density at radius 2 is 2.05 bits per heavy atom. The molecule has 0 radical (unpaired) electrons. The van der Waals surface area contributed by atoms with Crippen LogP contribution in [0.1, 0.15) is 12.5 Å². The second kappa shape index (κ2) is 6.99. The van der Waals surface area contributed by atoms with E-state index < -0.39 is 0 Å². The Balaban J connectivity index is 2.81. The van der Waals surface area contributed by atoms with Gasteiger partial charge in [0.25, 0.3) is 5.91 Å². The first-order valence-electron chi connectivity index (χ1n) is 6.19. The van der Waals surface area contributed by atoms with Crippen molar-refractivity contribution in [1.82, 2.24) is 4.90 Å². The number of methoxy groups -OCH3 is 1. The second-order valence-corrected chi connectivity index (χ2v) is 4.74. The van der Waals surface area contributed by atoms with Crippen LogP contribution in [0.5, 0.6) is 11.5 Å². The van der Waals surface area contributed by atoms with E-state index in [0.29, 0.717) is 11.5 Å². The summed E-state index contributed by atoms with van der Waals surface area (Å²) in [4.78, 5) is 13.0. The average molecular weight is 266 g/mol. The zero-order chi connectivity index (χ0) is 14.4. The number of carbonyl (C=O) groups excluding carboxylic acids is 1. The Hall–Kier alpha value is -1.75. The number of nitrogens with two attached hydrogens (primary N) is 1. The molecule has 0 aromatic heterocycles. The van der Waals surface area contributed by atoms with Crippen molar-refractivity contribution in [3.05, 3.63) is 23.8 Å². The number of benzene rings is 1. The second-order valence-electron chi connectivity index (χ2n) is 4.74. The van der Waals surface area contributed by atoms with Crippen LogP contribution in [-0.4, -0.2) is 44.7 Å². The van der Waals surface area contributed by atoms with Crippen molar-refractivity contribution in [2.24, 2.45) is 5.73 Å². The first kappa shape index (κ1) is 15.3. The molecule has 0 bridgehead atoms. The lowest BCUT2D eigenvalue weighted by atomic mass is 10.1. The van der Waals surface area contributed by atoms with Gasteiger partial charge in [-0.25, -0.2) is 0 Å². The Kier molecular flexibility index (Phi) is 5.63. The summed E-state index contributed by atoms with van der Waals surface area (Å²) < 4.78 is 10.7. The molecule has 0 heterocycles. The molecule has 0 spiro atoms. The Labute approximate surface area is 114 Å². The van der Waals surface area contributed by atoms with Gasteiger partial charge >= 0.3 is 0 Å². The number of amides is 1. The van der Waals surface area contributed by atoms with E-state index in [1.165, 1.54) is 4.90 Å². The van der Waals surface area contributed by atoms with Gasteiger partial charge < -0.3 is 20.1 Å². The minimum Gasteiger partial charge on any atom is -0.493 e. The first-order valence-corrected chi connectivity index (χ1v) is 6.19. The van der Waals surface area contributed by atoms with E-state index in [-0.39, 0.29) is 18.6 Å². The van der Waals surface area contributed by atoms with Gasteiger partial charge in [-0.1, -0.05) is 6.07 Å². The predicted octanol–water partition coefficient (Wildman–Crippen LogP) is 1.05. The molecule has 1 amide bonds. The molecule has 5 nitrogen and oxygen atoms in total. The molecular weight excluding hydrogens is 244 g/mol. The van der Waals surface area contributed by atoms with Crippen molar-refractivity contribution in [3.8, 4) is 11.5 Å². The molecule has 1 unspecified atom stereocenters. The van der Waals surface area contributed by atoms with E-state index in [0.717, 1.165) is 12.0 Å². The van der Waals surface area contributed by atoms with Crippen LogP contribution < -0.4 is 15.2 Å². The van der Waals surface area contributed by atoms with Gasteiger partial charge in [-0.3, -0.25) is 4.79 Å². The number of hydrogen-bond donors (Lipinski definition) is 1. The number of rotatable bonds is 6. The van der Waals surface area contributed by atoms with Crippen LogP contribution in [0, 0.1) is 0 Å². The van der Waals surface area contributed by atoms with Crippen LogP contribution in [0.3, 0.4) is 0 Å². The molecule has 0 saturated carbocycles. The number of ether oxygens (including phenoxy) is 2. The minimum atomic E-state index is -0.0975. The van der Waals surface area contributed by atoms with Crippen LogP contribution in [-0.2, 0) is 11.2 Å². The van der Waals surface area contributed by atoms with Crippen molar-refractivity contribution in [2.75, 3.05) is 27.8 Å². The molecule has 2 N–H and O–H groups in total. The quantitative estimate of drug-likeness (QED) is 0.836. The molecule has 1 rings (SSSR count). The van der Waals surface area contributed by atoms with Gasteiger partial charge in [0.15, 0.2) is 18.1 Å². The van der Waals surface area contributed by atoms with Crippen molar-refractivity contribution < 1.29 is 14.3 Å². The fourth-order valence-electron chi connectivity index (χ4n) is 1.60. The summed E-state index contributed by atoms with van der Waals surface area (Å²) in [7, 11) is 4.95. The highest BCUT2D eigenvalue weighted by atomic mass is 16.5. The Morgan fingerprint density at radius 3 is 2.58 bits per heavy atom. The van der Waals surface area contributed by atoms with Gasteiger partial charge in [0.2, 0.25) is 0 Å². The van der Waals surface area contributed by atoms with Crippen LogP contribution >= 0.6 is 0 Å². The van der Waals surface area contributed by atoms with Crippen molar-refractivity contribution >= 4 is 5.91 Å². The van der Waals surface area contributed by atoms with E-state index in [4.69, 9.17) is 15.2 Å². The predicted molar refractivity (Wildman–Crippen MR) is 74.5 cm³/mol. The van der Waals surface area contributed by atoms with Gasteiger partial charge in [0.1, 0.15) is 0 Å². The van der Waals surface area contributed by atoms with Crippen molar-refractivity contribution in [1.29, 1.82) is 0 Å². The molecule has 0 aliphatic rings. The number of nitrogens with zero attached hydrogens (tertiary/aromatic N) is 1. The molecule has 106 valence electrons. The highest BCUT2D eigenvalue weighted by Gasteiger charge is 2.10. The molecule has 1 aromatic rings. The molecule has 1 aromatic carbocycles. The van der Waals surface area contributed by atoms with Gasteiger partial charge in [0, 0.05) is 20.1 Å². The lowest BCUT2D eigenvalue weighted by molar-refractivity contribution is -0.130. The Bertz CT molecular complexity index is 431. The molecule has 0 fully saturated rings. The summed E-state index contributed by atoms with van der Waals surface area (Å²) in [6.07, 6.45) is 0.752. The summed E-state index contributed by atoms with van der Waals surface area (Å²) in [5.41, 5.74) is 6.83. The highest BCUT2D eigenvalue weighted by molar-refractivity contribution is 5.77. The SMILES string of the molecule is COc1ccc(CC(C)N)cc1OCC(=O)N(C)C. The first-order chi connectivity index (χ1) is 8.93. The van der Waals surface area contributed by atoms with E-state index >= 15 is 0 Å². The zero-order valence-corrected chi connectivity index (χ0v) is 12.0. The van der Waals surface area contributed by atoms with Crippen LogP contribution in [0.2, 0.25) is 0 Å². The molecule has 0 aliphatic carbocycles. The topological polar surface area (TPSA) is 64.8 Å². The Morgan fingerprint density at radius 1 is 1.37 bits per heavy atom. The monoisotopic (exact) mass is 266 g/mol. The van der Waals surface area contributed by atoms with Crippen LogP contribution in [0.25, 0.3) is 0 Å². The van der Waals surface area contributed by atoms with Crippen molar-refractivity contribution in [3.63, 3.8) is 0 Å². The van der Waals surface area contributed by atoms with E-state index in [1.54, 1.807) is 21.2 Å². The smallest absolute Gasteiger partial charge is 0.259 e. The summed E-state index contributed by atoms with van der Waals surface area (Å²) in [6, 6.07) is 5.71. The average Bonchev–Trinajstić information content (AvgIpc) is 2.35. The van der Waals surface area contributed by atoms with E-state index in [2.05, 4.69) is 0 Å². The van der Waals surface area contributed by atoms with Gasteiger partial charge in [-0.15, -0.1) is 0 Å². The third-order valence-corrected chi connectivity index (χ3v) is 2.64. The standard InChI is InChI=1S/C14H22N2O3/c1-10(15)7-11-5-6-12(18-4)13(8-11)19-9-14(17)16(2)3/h5-6,8,10H,7,9,15H2,1-4H3. The number of hydrogen-bond acceptors (Lipinski definition) is 4. The fourth-order valence-corrected chi connectivity index (χ4v) is 1.60. The molecule has 0 aliphatic heterocycles. The van der Waals surface area contributed by atoms with Crippen LogP contribution in [0.4, 0.5) is 0 Å². The number of carbonyl (C=O) groups is 1. The number of likely N-dealkylation sites (N-methyl/N-ethyl adjacent to an activating group) is 1. The van der Waals surface area contributed by atoms with Crippen LogP contribution in [0.15, 0.2) is 18.2 Å². The van der Waals surface area contributed by atoms with Gasteiger partial charge in [-0.2, -0.15) is 0 Å². The molecule has 1 atom stereocenters. The molecule has 19 heavy (non-hydrogen) atoms. The summed E-state index contributed by atoms with van der Waals surface area (Å²) in [5.74, 6) is 1.08. The van der Waals surface area contributed by atoms with Gasteiger partial charge in [-0.05, 0) is 31.0 Å². The van der Waals surface area contributed by atoms with Gasteiger partial charge in [0.05, 0.1) is 7.11 Å². The summed E-state index contributed by atoms with van der Waals surface area (Å²) >= 11 is 0. The van der Waals surface area contributed by atoms with E-state index in [1.807, 2.05) is 25.1 Å². The highest BCUT2D eigenvalue weighted by Crippen LogP contribution is 2.28. The maximum absolute atomic E-state index is 11.5. The minimum absolute atomic E-state index is 0.00894. The maximum atomic E-state index is 11.5. The maximum Gasteiger partial charge on any atom is 0.259 e. The summed E-state index contributed by atoms with van der Waals surface area (Å²) in [6.45, 7) is 1.94. The summed E-state index contributed by atoms with van der Waals surface area (Å²) in [5, 5.41) is 0. The zero-order valence-electron chi connectivity index (χ0n) is 12.0. The molecule has 5 heteroatoms. The fraction of sp³-hybridized carbons (Fsp3) is 0.500. The van der Waals surface area contributed by atoms with E-state index in [9.17, 15) is 4.79 Å².